The average molecular weight is 706 g/mol. The summed E-state index contributed by atoms with van der Waals surface area (Å²) in [7, 11) is -10.3. The van der Waals surface area contributed by atoms with Gasteiger partial charge in [0.2, 0.25) is 28.3 Å². The highest BCUT2D eigenvalue weighted by Gasteiger charge is 2.60. The molecule has 0 unspecified atom stereocenters. The van der Waals surface area contributed by atoms with Gasteiger partial charge in [0.1, 0.15) is 0 Å². The third-order valence-corrected chi connectivity index (χ3v) is 87.5. The van der Waals surface area contributed by atoms with Crippen LogP contribution in [0, 0.1) is 0 Å². The largest absolute Gasteiger partial charge is 0.243 e. The Bertz CT molecular complexity index is 590. The van der Waals surface area contributed by atoms with Crippen LogP contribution in [-0.4, -0.2) is 92.9 Å². The van der Waals surface area contributed by atoms with Crippen LogP contribution in [0.2, 0.25) is 177 Å². The molecule has 0 spiro atoms. The van der Waals surface area contributed by atoms with Crippen molar-refractivity contribution in [3.8, 4) is 0 Å². The highest BCUT2D eigenvalue weighted by Crippen LogP contribution is 2.52. The van der Waals surface area contributed by atoms with Gasteiger partial charge in [0.15, 0.2) is 0 Å². The Morgan fingerprint density at radius 2 is 0.359 bits per heavy atom. The van der Waals surface area contributed by atoms with Gasteiger partial charge < -0.3 is 0 Å². The summed E-state index contributed by atoms with van der Waals surface area (Å²) in [6.07, 6.45) is 0. The first kappa shape index (κ1) is 41.8. The van der Waals surface area contributed by atoms with E-state index in [0.29, 0.717) is 0 Å². The summed E-state index contributed by atoms with van der Waals surface area (Å²) in [6.45, 7) is 67.7. The van der Waals surface area contributed by atoms with Crippen molar-refractivity contribution in [2.75, 3.05) is 0 Å². The van der Waals surface area contributed by atoms with Crippen molar-refractivity contribution in [2.45, 2.75) is 177 Å². The number of hydrogen-bond donors (Lipinski definition) is 0. The molecule has 0 aliphatic carbocycles. The summed E-state index contributed by atoms with van der Waals surface area (Å²) in [4.78, 5) is 0. The molecule has 0 aromatic heterocycles. The molecule has 0 radical (unpaired) electrons. The van der Waals surface area contributed by atoms with E-state index in [1.54, 1.807) is 0 Å². The highest BCUT2D eigenvalue weighted by atomic mass is 28.4. The quantitative estimate of drug-likeness (QED) is 0.158. The molecule has 0 aliphatic rings. The molecule has 0 aliphatic heterocycles. The van der Waals surface area contributed by atoms with Gasteiger partial charge in [-0.1, -0.05) is 173 Å². The van der Waals surface area contributed by atoms with E-state index in [1.165, 1.54) is 16.1 Å². The van der Waals surface area contributed by atoms with Crippen LogP contribution < -0.4 is 0 Å². The monoisotopic (exact) mass is 704 g/mol. The van der Waals surface area contributed by atoms with Crippen LogP contribution in [0.5, 0.6) is 0 Å². The number of rotatable bonds is 14. The van der Waals surface area contributed by atoms with Crippen molar-refractivity contribution in [1.29, 1.82) is 0 Å². The lowest BCUT2D eigenvalue weighted by atomic mass is 11.6. The first-order valence-electron chi connectivity index (χ1n) is 16.5. The molecule has 232 valence electrons. The molecule has 0 atom stereocenters. The highest BCUT2D eigenvalue weighted by molar-refractivity contribution is 7.23. The minimum atomic E-state index is -1.29. The van der Waals surface area contributed by atoms with Crippen LogP contribution in [0.15, 0.2) is 0 Å². The topological polar surface area (TPSA) is 0 Å². The molecule has 0 amide bonds. The standard InChI is InChI=1S/4C7H19Si2.CH2.2Al/c4*1-8(2,3)7-9(4,5)6;;;/h4*7H,1-6H3;1H2;;. The van der Waals surface area contributed by atoms with Crippen LogP contribution in [0.25, 0.3) is 0 Å². The van der Waals surface area contributed by atoms with Crippen molar-refractivity contribution >= 4 is 92.9 Å². The second kappa shape index (κ2) is 13.3. The van der Waals surface area contributed by atoms with Gasteiger partial charge in [0, 0.05) is 64.6 Å². The van der Waals surface area contributed by atoms with E-state index in [2.05, 4.69) is 157 Å². The van der Waals surface area contributed by atoms with Gasteiger partial charge in [-0.05, 0) is 0 Å². The maximum absolute atomic E-state index is 2.82. The summed E-state index contributed by atoms with van der Waals surface area (Å²) in [5, 5.41) is 0. The van der Waals surface area contributed by atoms with Gasteiger partial charge in [0.05, 0.1) is 0 Å². The molecule has 39 heavy (non-hydrogen) atoms. The van der Waals surface area contributed by atoms with Crippen molar-refractivity contribution in [3.63, 3.8) is 0 Å². The van der Waals surface area contributed by atoms with E-state index in [-0.39, 0.29) is 0 Å². The lowest BCUT2D eigenvalue weighted by molar-refractivity contribution is 1.25. The minimum Gasteiger partial charge on any atom is -0.135 e. The molecule has 0 aromatic carbocycles. The lowest BCUT2D eigenvalue weighted by Gasteiger charge is -2.55. The van der Waals surface area contributed by atoms with Crippen molar-refractivity contribution in [1.82, 2.24) is 0 Å². The Labute approximate surface area is 268 Å². The normalized spacial score (nSPS) is 15.7. The van der Waals surface area contributed by atoms with Crippen molar-refractivity contribution < 1.29 is 0 Å². The van der Waals surface area contributed by atoms with Gasteiger partial charge in [-0.25, -0.2) is 0 Å². The molecule has 0 saturated carbocycles. The Balaban J connectivity index is 8.03. The lowest BCUT2D eigenvalue weighted by Crippen LogP contribution is -2.66. The Morgan fingerprint density at radius 1 is 0.256 bits per heavy atom. The van der Waals surface area contributed by atoms with Crippen LogP contribution in [0.1, 0.15) is 0 Å². The molecule has 0 fully saturated rings. The summed E-state index contributed by atoms with van der Waals surface area (Å²) in [6, 6.07) is 0. The van der Waals surface area contributed by atoms with E-state index in [1.807, 2.05) is 4.14 Å². The zero-order valence-corrected chi connectivity index (χ0v) is 42.5. The zero-order chi connectivity index (χ0) is 32.2. The van der Waals surface area contributed by atoms with Gasteiger partial charge in [-0.15, -0.1) is 4.14 Å². The number of hydrogen-bond acceptors (Lipinski definition) is 0. The van der Waals surface area contributed by atoms with Crippen LogP contribution in [-0.2, 0) is 0 Å². The fourth-order valence-electron chi connectivity index (χ4n) is 11.6. The smallest absolute Gasteiger partial charge is 0.135 e. The molecule has 10 heteroatoms. The van der Waals surface area contributed by atoms with Gasteiger partial charge in [0.25, 0.3) is 0 Å². The van der Waals surface area contributed by atoms with Crippen LogP contribution in [0.4, 0.5) is 0 Å². The van der Waals surface area contributed by atoms with E-state index in [0.717, 1.165) is 0 Å². The van der Waals surface area contributed by atoms with Gasteiger partial charge in [-0.3, -0.25) is 0 Å². The molecular formula is C29H78Al2Si8. The Morgan fingerprint density at radius 3 is 0.436 bits per heavy atom. The zero-order valence-electron chi connectivity index (χ0n) is 32.2. The van der Waals surface area contributed by atoms with Crippen LogP contribution in [0.3, 0.4) is 0 Å². The average Bonchev–Trinajstić information content (AvgIpc) is 2.41. The molecular weight excluding hydrogens is 627 g/mol. The fraction of sp³-hybridized carbons (Fsp3) is 1.00. The van der Waals surface area contributed by atoms with Crippen molar-refractivity contribution in [2.24, 2.45) is 0 Å². The second-order valence-corrected chi connectivity index (χ2v) is 80.1. The maximum atomic E-state index is 2.82. The van der Waals surface area contributed by atoms with E-state index < -0.39 is 92.9 Å². The molecule has 0 saturated heterocycles. The SMILES string of the molecule is C[Si](C)(C)[CH]([Al]([CH2][Al]([CH]([Si](C)(C)C)[Si](C)(C)C)[CH]([Si](C)(C)C)[Si](C)(C)C)[CH]([Si](C)(C)C)[Si](C)(C)C)[Si](C)(C)C. The summed E-state index contributed by atoms with van der Waals surface area (Å²) in [5.41, 5.74) is 0. The van der Waals surface area contributed by atoms with E-state index in [4.69, 9.17) is 0 Å². The third kappa shape index (κ3) is 12.3. The minimum absolute atomic E-state index is 1.02. The molecule has 0 heterocycles. The van der Waals surface area contributed by atoms with E-state index in [9.17, 15) is 0 Å². The maximum Gasteiger partial charge on any atom is 0.243 e. The third-order valence-electron chi connectivity index (χ3n) is 9.72. The predicted octanol–water partition coefficient (Wildman–Crippen LogP) is 12.0. The predicted molar refractivity (Wildman–Crippen MR) is 218 cm³/mol. The van der Waals surface area contributed by atoms with Crippen molar-refractivity contribution in [3.05, 3.63) is 0 Å². The first-order chi connectivity index (χ1) is 16.5. The molecule has 0 bridgehead atoms. The Kier molecular flexibility index (Phi) is 14.2. The second-order valence-electron chi connectivity index (χ2n) is 22.4. The van der Waals surface area contributed by atoms with Crippen LogP contribution >= 0.6 is 0 Å². The molecule has 0 nitrogen and oxygen atoms in total. The van der Waals surface area contributed by atoms with E-state index >= 15 is 0 Å². The first-order valence-corrected chi connectivity index (χ1v) is 49.4. The summed E-state index contributed by atoms with van der Waals surface area (Å²) in [5.74, 6) is 0. The molecule has 0 aromatic rings. The summed E-state index contributed by atoms with van der Waals surface area (Å²) < 4.78 is 6.62. The van der Waals surface area contributed by atoms with Gasteiger partial charge >= 0.3 is 0 Å². The Hall–Kier alpha value is 2.80. The molecule has 0 rings (SSSR count). The molecule has 0 N–H and O–H groups in total. The van der Waals surface area contributed by atoms with Gasteiger partial charge in [-0.2, -0.15) is 0 Å². The summed E-state index contributed by atoms with van der Waals surface area (Å²) >= 11 is -2.05. The fourth-order valence-corrected chi connectivity index (χ4v) is 121.